The van der Waals surface area contributed by atoms with Gasteiger partial charge in [-0.25, -0.2) is 4.72 Å². The molecule has 0 saturated carbocycles. The van der Waals surface area contributed by atoms with Crippen molar-refractivity contribution in [3.05, 3.63) is 0 Å². The molecular formula is C6H16N2O4S. The van der Waals surface area contributed by atoms with Crippen molar-refractivity contribution in [2.45, 2.75) is 13.3 Å². The fourth-order valence-electron chi connectivity index (χ4n) is 0.510. The third kappa shape index (κ3) is 8.13. The van der Waals surface area contributed by atoms with Crippen LogP contribution in [-0.4, -0.2) is 35.3 Å². The molecule has 0 spiro atoms. The van der Waals surface area contributed by atoms with Crippen molar-refractivity contribution < 1.29 is 18.0 Å². The average molecular weight is 212 g/mol. The lowest BCUT2D eigenvalue weighted by Crippen LogP contribution is -2.37. The van der Waals surface area contributed by atoms with Crippen molar-refractivity contribution in [3.63, 3.8) is 0 Å². The van der Waals surface area contributed by atoms with Crippen LogP contribution in [0.1, 0.15) is 13.3 Å². The Bertz CT molecular complexity index is 205. The molecular weight excluding hydrogens is 196 g/mol. The molecule has 0 aromatic heterocycles. The van der Waals surface area contributed by atoms with Crippen molar-refractivity contribution >= 4 is 10.2 Å². The maximum absolute atomic E-state index is 11.0. The molecule has 0 rings (SSSR count). The molecule has 0 heterocycles. The molecule has 0 saturated heterocycles. The topological polar surface area (TPSA) is 76.7 Å². The Kier molecular flexibility index (Phi) is 7.10. The van der Waals surface area contributed by atoms with E-state index < -0.39 is 10.2 Å². The number of rotatable bonds is 8. The summed E-state index contributed by atoms with van der Waals surface area (Å²) in [6.07, 6.45) is 0.735. The van der Waals surface area contributed by atoms with Crippen LogP contribution in [0, 0.1) is 0 Å². The first kappa shape index (κ1) is 12.8. The summed E-state index contributed by atoms with van der Waals surface area (Å²) in [4.78, 5) is 6.52. The van der Waals surface area contributed by atoms with Gasteiger partial charge in [0.15, 0.2) is 0 Å². The molecule has 0 radical (unpaired) electrons. The monoisotopic (exact) mass is 212 g/mol. The third-order valence-electron chi connectivity index (χ3n) is 1.10. The van der Waals surface area contributed by atoms with Crippen LogP contribution in [0.15, 0.2) is 0 Å². The van der Waals surface area contributed by atoms with Gasteiger partial charge in [0.05, 0.1) is 13.2 Å². The van der Waals surface area contributed by atoms with Crippen molar-refractivity contribution in [2.24, 2.45) is 0 Å². The van der Waals surface area contributed by atoms with Crippen molar-refractivity contribution in [1.82, 2.24) is 9.61 Å². The first-order chi connectivity index (χ1) is 6.12. The smallest absolute Gasteiger partial charge is 0.299 e. The van der Waals surface area contributed by atoms with E-state index in [2.05, 4.69) is 14.3 Å². The minimum atomic E-state index is -3.50. The van der Waals surface area contributed by atoms with Crippen molar-refractivity contribution in [2.75, 3.05) is 26.9 Å². The number of ether oxygens (including phenoxy) is 1. The number of hydrogen-bond donors (Lipinski definition) is 2. The molecule has 0 unspecified atom stereocenters. The second-order valence-corrected chi connectivity index (χ2v) is 3.78. The quantitative estimate of drug-likeness (QED) is 0.416. The number of methoxy groups -OCH3 is 1. The van der Waals surface area contributed by atoms with Gasteiger partial charge in [0, 0.05) is 13.7 Å². The van der Waals surface area contributed by atoms with Crippen LogP contribution in [0.2, 0.25) is 0 Å². The van der Waals surface area contributed by atoms with E-state index in [1.807, 2.05) is 11.8 Å². The molecule has 0 aliphatic heterocycles. The first-order valence-corrected chi connectivity index (χ1v) is 5.48. The summed E-state index contributed by atoms with van der Waals surface area (Å²) in [5.41, 5.74) is 0. The SMILES string of the molecule is CCCNS(=O)(=O)NOCCOC. The summed E-state index contributed by atoms with van der Waals surface area (Å²) in [6, 6.07) is 0. The van der Waals surface area contributed by atoms with Gasteiger partial charge >= 0.3 is 0 Å². The second kappa shape index (κ2) is 7.22. The Morgan fingerprint density at radius 1 is 1.31 bits per heavy atom. The zero-order chi connectivity index (χ0) is 10.2. The Morgan fingerprint density at radius 3 is 2.54 bits per heavy atom. The molecule has 80 valence electrons. The Labute approximate surface area is 78.7 Å². The normalized spacial score (nSPS) is 11.8. The van der Waals surface area contributed by atoms with Gasteiger partial charge in [-0.2, -0.15) is 8.42 Å². The van der Waals surface area contributed by atoms with E-state index in [0.29, 0.717) is 13.2 Å². The van der Waals surface area contributed by atoms with Crippen LogP contribution < -0.4 is 9.61 Å². The summed E-state index contributed by atoms with van der Waals surface area (Å²) >= 11 is 0. The number of nitrogens with one attached hydrogen (secondary N) is 2. The van der Waals surface area contributed by atoms with Crippen LogP contribution >= 0.6 is 0 Å². The van der Waals surface area contributed by atoms with Gasteiger partial charge in [0.1, 0.15) is 0 Å². The van der Waals surface area contributed by atoms with E-state index in [1.165, 1.54) is 7.11 Å². The lowest BCUT2D eigenvalue weighted by molar-refractivity contribution is 0.0433. The largest absolute Gasteiger partial charge is 0.382 e. The highest BCUT2D eigenvalue weighted by Crippen LogP contribution is 1.80. The molecule has 0 aliphatic carbocycles. The van der Waals surface area contributed by atoms with Gasteiger partial charge in [-0.3, -0.25) is 4.84 Å². The lowest BCUT2D eigenvalue weighted by atomic mass is 10.5. The standard InChI is InChI=1S/C6H16N2O4S/c1-3-4-7-13(9,10)8-12-6-5-11-2/h7-8H,3-6H2,1-2H3. The van der Waals surface area contributed by atoms with E-state index in [0.717, 1.165) is 6.42 Å². The molecule has 13 heavy (non-hydrogen) atoms. The van der Waals surface area contributed by atoms with Gasteiger partial charge in [-0.1, -0.05) is 11.8 Å². The molecule has 0 bridgehead atoms. The molecule has 2 N–H and O–H groups in total. The van der Waals surface area contributed by atoms with Crippen molar-refractivity contribution in [1.29, 1.82) is 0 Å². The minimum Gasteiger partial charge on any atom is -0.382 e. The zero-order valence-electron chi connectivity index (χ0n) is 7.87. The maximum Gasteiger partial charge on any atom is 0.299 e. The zero-order valence-corrected chi connectivity index (χ0v) is 8.69. The molecule has 0 fully saturated rings. The fourth-order valence-corrected chi connectivity index (χ4v) is 1.28. The Balaban J connectivity index is 3.52. The van der Waals surface area contributed by atoms with E-state index in [9.17, 15) is 8.42 Å². The highest BCUT2D eigenvalue weighted by atomic mass is 32.2. The Morgan fingerprint density at radius 2 is 2.00 bits per heavy atom. The molecule has 7 heteroatoms. The van der Waals surface area contributed by atoms with Gasteiger partial charge < -0.3 is 4.74 Å². The molecule has 0 amide bonds. The predicted molar refractivity (Wildman–Crippen MR) is 48.2 cm³/mol. The molecule has 0 atom stereocenters. The Hall–Kier alpha value is -0.210. The maximum atomic E-state index is 11.0. The fraction of sp³-hybridized carbons (Fsp3) is 1.00. The van der Waals surface area contributed by atoms with Crippen LogP contribution in [-0.2, 0) is 19.8 Å². The van der Waals surface area contributed by atoms with Crippen LogP contribution in [0.3, 0.4) is 0 Å². The molecule has 0 aromatic carbocycles. The molecule has 0 aliphatic rings. The average Bonchev–Trinajstić information content (AvgIpc) is 2.09. The summed E-state index contributed by atoms with van der Waals surface area (Å²) in [5.74, 6) is 0. The highest BCUT2D eigenvalue weighted by molar-refractivity contribution is 7.87. The van der Waals surface area contributed by atoms with Crippen molar-refractivity contribution in [3.8, 4) is 0 Å². The minimum absolute atomic E-state index is 0.184. The third-order valence-corrected chi connectivity index (χ3v) is 2.02. The summed E-state index contributed by atoms with van der Waals surface area (Å²) < 4.78 is 28.9. The number of hydrogen-bond acceptors (Lipinski definition) is 4. The van der Waals surface area contributed by atoms with Crippen LogP contribution in [0.5, 0.6) is 0 Å². The van der Waals surface area contributed by atoms with Crippen LogP contribution in [0.25, 0.3) is 0 Å². The van der Waals surface area contributed by atoms with E-state index in [-0.39, 0.29) is 6.61 Å². The van der Waals surface area contributed by atoms with Gasteiger partial charge in [-0.05, 0) is 6.42 Å². The van der Waals surface area contributed by atoms with E-state index in [1.54, 1.807) is 0 Å². The van der Waals surface area contributed by atoms with Crippen LogP contribution in [0.4, 0.5) is 0 Å². The van der Waals surface area contributed by atoms with E-state index >= 15 is 0 Å². The molecule has 6 nitrogen and oxygen atoms in total. The van der Waals surface area contributed by atoms with Gasteiger partial charge in [0.2, 0.25) is 0 Å². The van der Waals surface area contributed by atoms with E-state index in [4.69, 9.17) is 0 Å². The summed E-state index contributed by atoms with van der Waals surface area (Å²) in [6.45, 7) is 2.79. The first-order valence-electron chi connectivity index (χ1n) is 3.99. The van der Waals surface area contributed by atoms with Gasteiger partial charge in [-0.15, -0.1) is 0 Å². The summed E-state index contributed by atoms with van der Waals surface area (Å²) in [5, 5.41) is 0. The predicted octanol–water partition coefficient (Wildman–Crippen LogP) is -0.602. The lowest BCUT2D eigenvalue weighted by Gasteiger charge is -2.06. The molecule has 0 aromatic rings. The highest BCUT2D eigenvalue weighted by Gasteiger charge is 2.06. The van der Waals surface area contributed by atoms with Gasteiger partial charge in [0.25, 0.3) is 10.2 Å². The summed E-state index contributed by atoms with van der Waals surface area (Å²) in [7, 11) is -1.99. The second-order valence-electron chi connectivity index (χ2n) is 2.32.